The molecule has 1 aliphatic carbocycles. The molecule has 1 unspecified atom stereocenters. The third-order valence-electron chi connectivity index (χ3n) is 2.69. The second kappa shape index (κ2) is 3.25. The average molecular weight is 188 g/mol. The van der Waals surface area contributed by atoms with Gasteiger partial charge in [-0.3, -0.25) is 4.79 Å². The van der Waals surface area contributed by atoms with Crippen LogP contribution in [0.3, 0.4) is 0 Å². The summed E-state index contributed by atoms with van der Waals surface area (Å²) in [6, 6.07) is 0. The SMILES string of the molecule is O=C1CC(CCl)CN1CC1CC1. The minimum Gasteiger partial charge on any atom is -0.342 e. The molecule has 12 heavy (non-hydrogen) atoms. The van der Waals surface area contributed by atoms with Crippen molar-refractivity contribution < 1.29 is 4.79 Å². The molecule has 0 aromatic heterocycles. The van der Waals surface area contributed by atoms with Crippen LogP contribution >= 0.6 is 11.6 Å². The number of carbonyl (C=O) groups is 1. The summed E-state index contributed by atoms with van der Waals surface area (Å²) in [5.41, 5.74) is 0. The van der Waals surface area contributed by atoms with E-state index in [0.717, 1.165) is 19.0 Å². The molecule has 0 aromatic rings. The molecular formula is C9H14ClNO. The van der Waals surface area contributed by atoms with Gasteiger partial charge in [0.15, 0.2) is 0 Å². The summed E-state index contributed by atoms with van der Waals surface area (Å²) in [6.45, 7) is 1.89. The number of halogens is 1. The van der Waals surface area contributed by atoms with E-state index in [4.69, 9.17) is 11.6 Å². The van der Waals surface area contributed by atoms with Gasteiger partial charge in [-0.15, -0.1) is 11.6 Å². The summed E-state index contributed by atoms with van der Waals surface area (Å²) >= 11 is 5.71. The molecule has 2 aliphatic rings. The van der Waals surface area contributed by atoms with Crippen LogP contribution in [0.25, 0.3) is 0 Å². The van der Waals surface area contributed by atoms with Gasteiger partial charge in [0.1, 0.15) is 0 Å². The van der Waals surface area contributed by atoms with Crippen LogP contribution in [-0.2, 0) is 4.79 Å². The molecule has 2 nitrogen and oxygen atoms in total. The van der Waals surface area contributed by atoms with Gasteiger partial charge in [0.2, 0.25) is 5.91 Å². The molecule has 68 valence electrons. The van der Waals surface area contributed by atoms with Gasteiger partial charge >= 0.3 is 0 Å². The zero-order valence-electron chi connectivity index (χ0n) is 7.13. The number of hydrogen-bond acceptors (Lipinski definition) is 1. The Bertz CT molecular complexity index is 191. The van der Waals surface area contributed by atoms with E-state index >= 15 is 0 Å². The molecule has 2 fully saturated rings. The Balaban J connectivity index is 1.84. The Kier molecular flexibility index (Phi) is 2.26. The first-order valence-corrected chi connectivity index (χ1v) is 5.17. The van der Waals surface area contributed by atoms with Crippen molar-refractivity contribution >= 4 is 17.5 Å². The standard InChI is InChI=1S/C9H14ClNO/c10-4-8-3-9(12)11(6-8)5-7-1-2-7/h7-8H,1-6H2. The van der Waals surface area contributed by atoms with Crippen molar-refractivity contribution in [2.75, 3.05) is 19.0 Å². The summed E-state index contributed by atoms with van der Waals surface area (Å²) in [5.74, 6) is 2.17. The monoisotopic (exact) mass is 187 g/mol. The Labute approximate surface area is 77.9 Å². The summed E-state index contributed by atoms with van der Waals surface area (Å²) in [5, 5.41) is 0. The Hall–Kier alpha value is -0.240. The minimum atomic E-state index is 0.313. The molecule has 1 heterocycles. The van der Waals surface area contributed by atoms with Crippen LogP contribution in [0.15, 0.2) is 0 Å². The molecule has 1 atom stereocenters. The van der Waals surface area contributed by atoms with E-state index in [9.17, 15) is 4.79 Å². The zero-order chi connectivity index (χ0) is 8.55. The first-order chi connectivity index (χ1) is 5.79. The second-order valence-electron chi connectivity index (χ2n) is 3.97. The van der Waals surface area contributed by atoms with Crippen molar-refractivity contribution in [3.05, 3.63) is 0 Å². The smallest absolute Gasteiger partial charge is 0.222 e. The largest absolute Gasteiger partial charge is 0.342 e. The van der Waals surface area contributed by atoms with Crippen LogP contribution in [0.2, 0.25) is 0 Å². The predicted molar refractivity (Wildman–Crippen MR) is 48.1 cm³/mol. The van der Waals surface area contributed by atoms with Gasteiger partial charge < -0.3 is 4.90 Å². The molecule has 0 spiro atoms. The zero-order valence-corrected chi connectivity index (χ0v) is 7.89. The topological polar surface area (TPSA) is 20.3 Å². The van der Waals surface area contributed by atoms with E-state index in [1.165, 1.54) is 12.8 Å². The Morgan fingerprint density at radius 1 is 1.42 bits per heavy atom. The van der Waals surface area contributed by atoms with Crippen LogP contribution in [0.5, 0.6) is 0 Å². The number of alkyl halides is 1. The summed E-state index contributed by atoms with van der Waals surface area (Å²) in [7, 11) is 0. The lowest BCUT2D eigenvalue weighted by atomic mass is 10.1. The van der Waals surface area contributed by atoms with Crippen LogP contribution < -0.4 is 0 Å². The van der Waals surface area contributed by atoms with Crippen LogP contribution in [-0.4, -0.2) is 29.8 Å². The van der Waals surface area contributed by atoms with E-state index < -0.39 is 0 Å². The third kappa shape index (κ3) is 1.74. The number of nitrogens with zero attached hydrogens (tertiary/aromatic N) is 1. The maximum absolute atomic E-state index is 11.4. The van der Waals surface area contributed by atoms with Gasteiger partial charge in [0.05, 0.1) is 0 Å². The summed E-state index contributed by atoms with van der Waals surface area (Å²) in [4.78, 5) is 13.4. The van der Waals surface area contributed by atoms with E-state index in [2.05, 4.69) is 0 Å². The number of amides is 1. The molecule has 1 saturated carbocycles. The molecule has 0 bridgehead atoms. The lowest BCUT2D eigenvalue weighted by Crippen LogP contribution is -2.27. The molecule has 1 amide bonds. The highest BCUT2D eigenvalue weighted by molar-refractivity contribution is 6.18. The predicted octanol–water partition coefficient (Wildman–Crippen LogP) is 1.48. The number of hydrogen-bond donors (Lipinski definition) is 0. The maximum atomic E-state index is 11.4. The highest BCUT2D eigenvalue weighted by Crippen LogP contribution is 2.32. The molecular weight excluding hydrogens is 174 g/mol. The van der Waals surface area contributed by atoms with E-state index in [-0.39, 0.29) is 0 Å². The van der Waals surface area contributed by atoms with Crippen LogP contribution in [0.1, 0.15) is 19.3 Å². The maximum Gasteiger partial charge on any atom is 0.222 e. The first-order valence-electron chi connectivity index (χ1n) is 4.63. The van der Waals surface area contributed by atoms with Crippen molar-refractivity contribution in [2.45, 2.75) is 19.3 Å². The molecule has 0 N–H and O–H groups in total. The normalized spacial score (nSPS) is 29.9. The highest BCUT2D eigenvalue weighted by Gasteiger charge is 2.33. The van der Waals surface area contributed by atoms with Crippen LogP contribution in [0, 0.1) is 11.8 Å². The summed E-state index contributed by atoms with van der Waals surface area (Å²) < 4.78 is 0. The molecule has 3 heteroatoms. The third-order valence-corrected chi connectivity index (χ3v) is 3.12. The van der Waals surface area contributed by atoms with Gasteiger partial charge in [0, 0.05) is 25.4 Å². The average Bonchev–Trinajstić information content (AvgIpc) is 2.78. The van der Waals surface area contributed by atoms with E-state index in [1.54, 1.807) is 0 Å². The van der Waals surface area contributed by atoms with E-state index in [1.807, 2.05) is 4.90 Å². The fraction of sp³-hybridized carbons (Fsp3) is 0.889. The molecule has 0 radical (unpaired) electrons. The fourth-order valence-electron chi connectivity index (χ4n) is 1.75. The van der Waals surface area contributed by atoms with Crippen molar-refractivity contribution in [1.29, 1.82) is 0 Å². The molecule has 0 aromatic carbocycles. The van der Waals surface area contributed by atoms with E-state index in [0.29, 0.717) is 24.1 Å². The quantitative estimate of drug-likeness (QED) is 0.613. The van der Waals surface area contributed by atoms with Gasteiger partial charge in [0.25, 0.3) is 0 Å². The number of likely N-dealkylation sites (tertiary alicyclic amines) is 1. The lowest BCUT2D eigenvalue weighted by molar-refractivity contribution is -0.127. The molecule has 2 rings (SSSR count). The van der Waals surface area contributed by atoms with Gasteiger partial charge in [-0.1, -0.05) is 0 Å². The van der Waals surface area contributed by atoms with Crippen molar-refractivity contribution in [3.8, 4) is 0 Å². The first kappa shape index (κ1) is 8.36. The van der Waals surface area contributed by atoms with Gasteiger partial charge in [-0.25, -0.2) is 0 Å². The van der Waals surface area contributed by atoms with Gasteiger partial charge in [-0.2, -0.15) is 0 Å². The van der Waals surface area contributed by atoms with Crippen LogP contribution in [0.4, 0.5) is 0 Å². The lowest BCUT2D eigenvalue weighted by Gasteiger charge is -2.15. The molecule has 1 aliphatic heterocycles. The number of rotatable bonds is 3. The molecule has 1 saturated heterocycles. The van der Waals surface area contributed by atoms with Crippen molar-refractivity contribution in [1.82, 2.24) is 4.90 Å². The second-order valence-corrected chi connectivity index (χ2v) is 4.28. The fourth-order valence-corrected chi connectivity index (χ4v) is 1.95. The minimum absolute atomic E-state index is 0.313. The number of carbonyl (C=O) groups excluding carboxylic acids is 1. The van der Waals surface area contributed by atoms with Gasteiger partial charge in [-0.05, 0) is 24.7 Å². The Morgan fingerprint density at radius 2 is 2.17 bits per heavy atom. The highest BCUT2D eigenvalue weighted by atomic mass is 35.5. The van der Waals surface area contributed by atoms with Crippen molar-refractivity contribution in [3.63, 3.8) is 0 Å². The Morgan fingerprint density at radius 3 is 2.67 bits per heavy atom. The summed E-state index contributed by atoms with van der Waals surface area (Å²) in [6.07, 6.45) is 3.31. The van der Waals surface area contributed by atoms with Crippen molar-refractivity contribution in [2.24, 2.45) is 11.8 Å².